The maximum Gasteiger partial charge on any atom is 0.266 e. The molecule has 0 radical (unpaired) electrons. The van der Waals surface area contributed by atoms with E-state index in [1.54, 1.807) is 36.4 Å². The SMILES string of the molecule is C#CCOc1c(Cl)cc(/C=C(/C#N)C(=O)Nc2cccc(OCC)c2)cc1Br. The van der Waals surface area contributed by atoms with E-state index in [1.165, 1.54) is 6.08 Å². The standard InChI is InChI=1S/C21H16BrClN2O3/c1-3-8-28-20-18(22)10-14(11-19(20)23)9-15(13-24)21(26)25-16-6-5-7-17(12-16)27-4-2/h1,5-7,9-12H,4,8H2,2H3,(H,25,26)/b15-9-. The monoisotopic (exact) mass is 458 g/mol. The summed E-state index contributed by atoms with van der Waals surface area (Å²) in [5, 5.41) is 12.4. The summed E-state index contributed by atoms with van der Waals surface area (Å²) in [6.07, 6.45) is 6.62. The first-order valence-electron chi connectivity index (χ1n) is 8.19. The molecule has 0 saturated carbocycles. The number of terminal acetylenes is 1. The van der Waals surface area contributed by atoms with Gasteiger partial charge in [0, 0.05) is 11.8 Å². The topological polar surface area (TPSA) is 71.3 Å². The lowest BCUT2D eigenvalue weighted by molar-refractivity contribution is -0.112. The molecule has 0 aromatic heterocycles. The minimum Gasteiger partial charge on any atom is -0.494 e. The second kappa shape index (κ2) is 10.4. The van der Waals surface area contributed by atoms with Gasteiger partial charge >= 0.3 is 0 Å². The fraction of sp³-hybridized carbons (Fsp3) is 0.143. The summed E-state index contributed by atoms with van der Waals surface area (Å²) in [5.41, 5.74) is 0.996. The van der Waals surface area contributed by atoms with Gasteiger partial charge < -0.3 is 14.8 Å². The number of halogens is 2. The number of benzene rings is 2. The fourth-order valence-corrected chi connectivity index (χ4v) is 3.25. The molecule has 0 unspecified atom stereocenters. The lowest BCUT2D eigenvalue weighted by atomic mass is 10.1. The Morgan fingerprint density at radius 3 is 2.79 bits per heavy atom. The van der Waals surface area contributed by atoms with E-state index in [2.05, 4.69) is 27.2 Å². The van der Waals surface area contributed by atoms with Crippen molar-refractivity contribution in [3.8, 4) is 29.9 Å². The average molecular weight is 460 g/mol. The number of rotatable bonds is 7. The van der Waals surface area contributed by atoms with Crippen LogP contribution in [0.4, 0.5) is 5.69 Å². The van der Waals surface area contributed by atoms with Gasteiger partial charge in [-0.25, -0.2) is 0 Å². The van der Waals surface area contributed by atoms with Gasteiger partial charge in [0.1, 0.15) is 24.0 Å². The van der Waals surface area contributed by atoms with Crippen LogP contribution in [0.15, 0.2) is 46.4 Å². The number of anilines is 1. The Kier molecular flexibility index (Phi) is 7.95. The number of nitrogens with zero attached hydrogens (tertiary/aromatic N) is 1. The second-order valence-corrected chi connectivity index (χ2v) is 6.65. The van der Waals surface area contributed by atoms with Gasteiger partial charge in [0.05, 0.1) is 16.1 Å². The molecule has 0 bridgehead atoms. The van der Waals surface area contributed by atoms with Crippen molar-refractivity contribution in [2.75, 3.05) is 18.5 Å². The van der Waals surface area contributed by atoms with E-state index in [4.69, 9.17) is 27.5 Å². The highest BCUT2D eigenvalue weighted by molar-refractivity contribution is 9.10. The van der Waals surface area contributed by atoms with E-state index in [9.17, 15) is 10.1 Å². The third kappa shape index (κ3) is 5.79. The third-order valence-corrected chi connectivity index (χ3v) is 4.27. The molecule has 0 heterocycles. The molecule has 5 nitrogen and oxygen atoms in total. The molecule has 2 rings (SSSR count). The molecule has 0 spiro atoms. The number of carbonyl (C=O) groups is 1. The molecule has 0 aliphatic heterocycles. The lowest BCUT2D eigenvalue weighted by Gasteiger charge is -2.09. The van der Waals surface area contributed by atoms with Gasteiger partial charge in [-0.2, -0.15) is 5.26 Å². The van der Waals surface area contributed by atoms with Crippen LogP contribution < -0.4 is 14.8 Å². The highest BCUT2D eigenvalue weighted by Crippen LogP contribution is 2.35. The predicted molar refractivity (Wildman–Crippen MR) is 113 cm³/mol. The summed E-state index contributed by atoms with van der Waals surface area (Å²) < 4.78 is 11.3. The smallest absolute Gasteiger partial charge is 0.266 e. The van der Waals surface area contributed by atoms with E-state index in [0.29, 0.717) is 38.9 Å². The minimum atomic E-state index is -0.545. The van der Waals surface area contributed by atoms with Crippen LogP contribution in [-0.4, -0.2) is 19.1 Å². The predicted octanol–water partition coefficient (Wildman–Crippen LogP) is 5.06. The number of nitriles is 1. The van der Waals surface area contributed by atoms with Gasteiger partial charge in [-0.05, 0) is 58.8 Å². The number of hydrogen-bond donors (Lipinski definition) is 1. The molecule has 0 aliphatic carbocycles. The van der Waals surface area contributed by atoms with Crippen molar-refractivity contribution < 1.29 is 14.3 Å². The molecule has 0 aliphatic rings. The molecule has 1 amide bonds. The first kappa shape index (κ1) is 21.4. The molecule has 7 heteroatoms. The highest BCUT2D eigenvalue weighted by atomic mass is 79.9. The van der Waals surface area contributed by atoms with Gasteiger partial charge in [-0.3, -0.25) is 4.79 Å². The number of nitrogens with one attached hydrogen (secondary N) is 1. The first-order valence-corrected chi connectivity index (χ1v) is 9.37. The number of amides is 1. The molecule has 2 aromatic rings. The molecule has 2 aromatic carbocycles. The van der Waals surface area contributed by atoms with Crippen molar-refractivity contribution in [1.82, 2.24) is 0 Å². The Balaban J connectivity index is 2.23. The van der Waals surface area contributed by atoms with Crippen LogP contribution in [-0.2, 0) is 4.79 Å². The Morgan fingerprint density at radius 2 is 2.14 bits per heavy atom. The van der Waals surface area contributed by atoms with Crippen LogP contribution >= 0.6 is 27.5 Å². The van der Waals surface area contributed by atoms with Crippen LogP contribution in [0.25, 0.3) is 6.08 Å². The van der Waals surface area contributed by atoms with Crippen molar-refractivity contribution >= 4 is 45.2 Å². The van der Waals surface area contributed by atoms with Crippen LogP contribution in [0.2, 0.25) is 5.02 Å². The minimum absolute atomic E-state index is 0.0696. The summed E-state index contributed by atoms with van der Waals surface area (Å²) in [5.74, 6) is 2.83. The van der Waals surface area contributed by atoms with Gasteiger partial charge in [0.2, 0.25) is 0 Å². The summed E-state index contributed by atoms with van der Waals surface area (Å²) >= 11 is 9.55. The molecule has 0 saturated heterocycles. The van der Waals surface area contributed by atoms with E-state index >= 15 is 0 Å². The molecule has 0 fully saturated rings. The quantitative estimate of drug-likeness (QED) is 0.357. The third-order valence-electron chi connectivity index (χ3n) is 3.40. The van der Waals surface area contributed by atoms with E-state index < -0.39 is 5.91 Å². The Bertz CT molecular complexity index is 967. The summed E-state index contributed by atoms with van der Waals surface area (Å²) in [7, 11) is 0. The zero-order chi connectivity index (χ0) is 20.5. The maximum absolute atomic E-state index is 12.5. The van der Waals surface area contributed by atoms with Crippen molar-refractivity contribution in [3.63, 3.8) is 0 Å². The van der Waals surface area contributed by atoms with Crippen molar-refractivity contribution in [2.24, 2.45) is 0 Å². The van der Waals surface area contributed by atoms with Gasteiger partial charge in [-0.15, -0.1) is 6.42 Å². The van der Waals surface area contributed by atoms with Crippen molar-refractivity contribution in [1.29, 1.82) is 5.26 Å². The van der Waals surface area contributed by atoms with Gasteiger partial charge in [-0.1, -0.05) is 23.6 Å². The van der Waals surface area contributed by atoms with E-state index in [-0.39, 0.29) is 12.2 Å². The van der Waals surface area contributed by atoms with Gasteiger partial charge in [0.25, 0.3) is 5.91 Å². The summed E-state index contributed by atoms with van der Waals surface area (Å²) in [6, 6.07) is 12.1. The Morgan fingerprint density at radius 1 is 1.36 bits per heavy atom. The Labute approximate surface area is 177 Å². The number of hydrogen-bond acceptors (Lipinski definition) is 4. The summed E-state index contributed by atoms with van der Waals surface area (Å²) in [4.78, 5) is 12.5. The average Bonchev–Trinajstić information content (AvgIpc) is 2.66. The molecule has 142 valence electrons. The van der Waals surface area contributed by atoms with E-state index in [1.807, 2.05) is 13.0 Å². The molecular weight excluding hydrogens is 444 g/mol. The zero-order valence-corrected chi connectivity index (χ0v) is 17.3. The number of carbonyl (C=O) groups excluding carboxylic acids is 1. The summed E-state index contributed by atoms with van der Waals surface area (Å²) in [6.45, 7) is 2.45. The van der Waals surface area contributed by atoms with Crippen LogP contribution in [0.5, 0.6) is 11.5 Å². The van der Waals surface area contributed by atoms with Gasteiger partial charge in [0.15, 0.2) is 5.75 Å². The Hall–Kier alpha value is -2.93. The molecule has 28 heavy (non-hydrogen) atoms. The highest BCUT2D eigenvalue weighted by Gasteiger charge is 2.13. The molecular formula is C21H16BrClN2O3. The van der Waals surface area contributed by atoms with Crippen molar-refractivity contribution in [2.45, 2.75) is 6.92 Å². The second-order valence-electron chi connectivity index (χ2n) is 5.39. The first-order chi connectivity index (χ1) is 13.5. The fourth-order valence-electron chi connectivity index (χ4n) is 2.26. The molecule has 0 atom stereocenters. The number of ether oxygens (including phenoxy) is 2. The van der Waals surface area contributed by atoms with Crippen LogP contribution in [0, 0.1) is 23.7 Å². The van der Waals surface area contributed by atoms with E-state index in [0.717, 1.165) is 0 Å². The molecule has 1 N–H and O–H groups in total. The largest absolute Gasteiger partial charge is 0.494 e. The maximum atomic E-state index is 12.5. The normalized spacial score (nSPS) is 10.5. The van der Waals surface area contributed by atoms with Crippen molar-refractivity contribution in [3.05, 3.63) is 57.0 Å². The lowest BCUT2D eigenvalue weighted by Crippen LogP contribution is -2.13. The van der Waals surface area contributed by atoms with Crippen LogP contribution in [0.1, 0.15) is 12.5 Å². The zero-order valence-electron chi connectivity index (χ0n) is 15.0. The van der Waals surface area contributed by atoms with Crippen LogP contribution in [0.3, 0.4) is 0 Å².